The van der Waals surface area contributed by atoms with E-state index >= 15 is 0 Å². The maximum Gasteiger partial charge on any atom is 0.315 e. The third-order valence-electron chi connectivity index (χ3n) is 2.98. The molecule has 5 nitrogen and oxygen atoms in total. The highest BCUT2D eigenvalue weighted by Gasteiger charge is 2.23. The zero-order chi connectivity index (χ0) is 13.1. The van der Waals surface area contributed by atoms with Gasteiger partial charge in [-0.1, -0.05) is 17.2 Å². The number of hydrogen-bond donors (Lipinski definition) is 1. The number of anilines is 1. The molecule has 1 aliphatic rings. The Morgan fingerprint density at radius 2 is 2.32 bits per heavy atom. The number of benzene rings is 1. The van der Waals surface area contributed by atoms with E-state index in [1.165, 1.54) is 12.1 Å². The lowest BCUT2D eigenvalue weighted by Crippen LogP contribution is -1.99. The number of aromatic nitrogens is 2. The highest BCUT2D eigenvalue weighted by molar-refractivity contribution is 5.24. The number of nitrogens with one attached hydrogen (secondary N) is 1. The molecule has 6 heteroatoms. The van der Waals surface area contributed by atoms with Gasteiger partial charge in [-0.2, -0.15) is 0 Å². The molecular formula is C13H14FN3O2. The van der Waals surface area contributed by atoms with Gasteiger partial charge < -0.3 is 14.5 Å². The van der Waals surface area contributed by atoms with E-state index in [4.69, 9.17) is 9.15 Å². The Hall–Kier alpha value is -1.95. The Morgan fingerprint density at radius 3 is 3.11 bits per heavy atom. The van der Waals surface area contributed by atoms with Crippen molar-refractivity contribution in [2.45, 2.75) is 25.5 Å². The minimum atomic E-state index is -0.259. The molecule has 0 saturated carbocycles. The van der Waals surface area contributed by atoms with E-state index in [9.17, 15) is 4.39 Å². The van der Waals surface area contributed by atoms with Crippen LogP contribution in [0.25, 0.3) is 0 Å². The van der Waals surface area contributed by atoms with Gasteiger partial charge in [-0.3, -0.25) is 0 Å². The van der Waals surface area contributed by atoms with Gasteiger partial charge in [0.1, 0.15) is 11.9 Å². The van der Waals surface area contributed by atoms with Gasteiger partial charge >= 0.3 is 6.01 Å². The SMILES string of the molecule is Fc1cccc(CNc2nnc(C3CCCO3)o2)c1. The smallest absolute Gasteiger partial charge is 0.315 e. The highest BCUT2D eigenvalue weighted by Crippen LogP contribution is 2.28. The number of rotatable bonds is 4. The maximum atomic E-state index is 13.0. The molecule has 0 amide bonds. The van der Waals surface area contributed by atoms with Crippen LogP contribution in [-0.4, -0.2) is 16.8 Å². The molecule has 19 heavy (non-hydrogen) atoms. The number of ether oxygens (including phenoxy) is 1. The minimum Gasteiger partial charge on any atom is -0.405 e. The number of halogens is 1. The van der Waals surface area contributed by atoms with E-state index in [1.807, 2.05) is 6.07 Å². The summed E-state index contributed by atoms with van der Waals surface area (Å²) in [5, 5.41) is 10.8. The van der Waals surface area contributed by atoms with E-state index in [-0.39, 0.29) is 11.9 Å². The van der Waals surface area contributed by atoms with Crippen LogP contribution >= 0.6 is 0 Å². The summed E-state index contributed by atoms with van der Waals surface area (Å²) in [6, 6.07) is 6.69. The first-order valence-corrected chi connectivity index (χ1v) is 6.24. The van der Waals surface area contributed by atoms with Gasteiger partial charge in [0.15, 0.2) is 0 Å². The lowest BCUT2D eigenvalue weighted by molar-refractivity contribution is 0.0897. The van der Waals surface area contributed by atoms with Crippen molar-refractivity contribution in [1.82, 2.24) is 10.2 Å². The first-order valence-electron chi connectivity index (χ1n) is 6.24. The molecule has 100 valence electrons. The van der Waals surface area contributed by atoms with E-state index in [1.54, 1.807) is 6.07 Å². The fourth-order valence-corrected chi connectivity index (χ4v) is 2.03. The third-order valence-corrected chi connectivity index (χ3v) is 2.98. The average molecular weight is 263 g/mol. The van der Waals surface area contributed by atoms with Crippen LogP contribution in [0.4, 0.5) is 10.4 Å². The Bertz CT molecular complexity index is 552. The molecule has 2 aromatic rings. The van der Waals surface area contributed by atoms with Crippen molar-refractivity contribution in [3.8, 4) is 0 Å². The molecule has 1 saturated heterocycles. The standard InChI is InChI=1S/C13H14FN3O2/c14-10-4-1-3-9(7-10)8-15-13-17-16-12(19-13)11-5-2-6-18-11/h1,3-4,7,11H,2,5-6,8H2,(H,15,17). The van der Waals surface area contributed by atoms with Gasteiger partial charge in [-0.05, 0) is 30.5 Å². The second kappa shape index (κ2) is 5.36. The van der Waals surface area contributed by atoms with Crippen molar-refractivity contribution in [2.24, 2.45) is 0 Å². The normalized spacial score (nSPS) is 18.7. The highest BCUT2D eigenvalue weighted by atomic mass is 19.1. The summed E-state index contributed by atoms with van der Waals surface area (Å²) in [7, 11) is 0. The van der Waals surface area contributed by atoms with Crippen LogP contribution in [-0.2, 0) is 11.3 Å². The first-order chi connectivity index (χ1) is 9.31. The van der Waals surface area contributed by atoms with Crippen LogP contribution in [0, 0.1) is 5.82 Å². The summed E-state index contributed by atoms with van der Waals surface area (Å²) < 4.78 is 23.9. The average Bonchev–Trinajstić information content (AvgIpc) is 3.07. The molecule has 0 aliphatic carbocycles. The van der Waals surface area contributed by atoms with E-state index in [2.05, 4.69) is 15.5 Å². The van der Waals surface area contributed by atoms with Crippen LogP contribution in [0.5, 0.6) is 0 Å². The molecule has 1 unspecified atom stereocenters. The molecule has 1 aromatic heterocycles. The lowest BCUT2D eigenvalue weighted by atomic mass is 10.2. The topological polar surface area (TPSA) is 60.2 Å². The molecule has 1 fully saturated rings. The van der Waals surface area contributed by atoms with Crippen LogP contribution < -0.4 is 5.32 Å². The van der Waals surface area contributed by atoms with E-state index in [0.29, 0.717) is 18.5 Å². The molecular weight excluding hydrogens is 249 g/mol. The minimum absolute atomic E-state index is 0.0859. The predicted octanol–water partition coefficient (Wildman–Crippen LogP) is 2.67. The Morgan fingerprint density at radius 1 is 1.37 bits per heavy atom. The Balaban J connectivity index is 1.61. The summed E-state index contributed by atoms with van der Waals surface area (Å²) in [4.78, 5) is 0. The molecule has 1 aromatic carbocycles. The second-order valence-corrected chi connectivity index (χ2v) is 4.43. The van der Waals surface area contributed by atoms with Gasteiger partial charge in [0.25, 0.3) is 0 Å². The van der Waals surface area contributed by atoms with E-state index in [0.717, 1.165) is 25.0 Å². The van der Waals surface area contributed by atoms with Gasteiger partial charge in [0, 0.05) is 13.2 Å². The lowest BCUT2D eigenvalue weighted by Gasteiger charge is -2.03. The quantitative estimate of drug-likeness (QED) is 0.919. The van der Waals surface area contributed by atoms with Crippen molar-refractivity contribution in [1.29, 1.82) is 0 Å². The van der Waals surface area contributed by atoms with Gasteiger partial charge in [-0.15, -0.1) is 5.10 Å². The van der Waals surface area contributed by atoms with Gasteiger partial charge in [0.05, 0.1) is 0 Å². The molecule has 0 spiro atoms. The molecule has 0 bridgehead atoms. The molecule has 0 radical (unpaired) electrons. The second-order valence-electron chi connectivity index (χ2n) is 4.43. The molecule has 1 N–H and O–H groups in total. The summed E-state index contributed by atoms with van der Waals surface area (Å²) in [5.74, 6) is 0.240. The number of hydrogen-bond acceptors (Lipinski definition) is 5. The van der Waals surface area contributed by atoms with Crippen molar-refractivity contribution in [3.63, 3.8) is 0 Å². The summed E-state index contributed by atoms with van der Waals surface area (Å²) >= 11 is 0. The molecule has 1 atom stereocenters. The fourth-order valence-electron chi connectivity index (χ4n) is 2.03. The predicted molar refractivity (Wildman–Crippen MR) is 66.0 cm³/mol. The summed E-state index contributed by atoms with van der Waals surface area (Å²) in [6.45, 7) is 1.17. The molecule has 1 aliphatic heterocycles. The largest absolute Gasteiger partial charge is 0.405 e. The van der Waals surface area contributed by atoms with Crippen molar-refractivity contribution >= 4 is 6.01 Å². The monoisotopic (exact) mass is 263 g/mol. The van der Waals surface area contributed by atoms with Crippen molar-refractivity contribution in [3.05, 3.63) is 41.5 Å². The fraction of sp³-hybridized carbons (Fsp3) is 0.385. The van der Waals surface area contributed by atoms with Crippen LogP contribution in [0.1, 0.15) is 30.4 Å². The molecule has 2 heterocycles. The van der Waals surface area contributed by atoms with Crippen molar-refractivity contribution in [2.75, 3.05) is 11.9 Å². The zero-order valence-electron chi connectivity index (χ0n) is 10.3. The molecule has 3 rings (SSSR count). The van der Waals surface area contributed by atoms with Crippen LogP contribution in [0.3, 0.4) is 0 Å². The van der Waals surface area contributed by atoms with Crippen LogP contribution in [0.2, 0.25) is 0 Å². The van der Waals surface area contributed by atoms with Crippen LogP contribution in [0.15, 0.2) is 28.7 Å². The zero-order valence-corrected chi connectivity index (χ0v) is 10.3. The summed E-state index contributed by atoms with van der Waals surface area (Å²) in [5.41, 5.74) is 0.817. The van der Waals surface area contributed by atoms with Gasteiger partial charge in [-0.25, -0.2) is 4.39 Å². The maximum absolute atomic E-state index is 13.0. The Kier molecular flexibility index (Phi) is 3.41. The van der Waals surface area contributed by atoms with E-state index < -0.39 is 0 Å². The van der Waals surface area contributed by atoms with Gasteiger partial charge in [0.2, 0.25) is 5.89 Å². The van der Waals surface area contributed by atoms with Crippen molar-refractivity contribution < 1.29 is 13.5 Å². The first kappa shape index (κ1) is 12.1. The number of nitrogens with zero attached hydrogens (tertiary/aromatic N) is 2. The third kappa shape index (κ3) is 2.90. The summed E-state index contributed by atoms with van der Waals surface area (Å²) in [6.07, 6.45) is 1.84. The Labute approximate surface area is 109 Å².